The van der Waals surface area contributed by atoms with E-state index in [1.165, 1.54) is 57.8 Å². The Bertz CT molecular complexity index is 146. The molecule has 1 unspecified atom stereocenters. The van der Waals surface area contributed by atoms with Crippen molar-refractivity contribution in [3.05, 3.63) is 0 Å². The minimum absolute atomic E-state index is 0.0315. The first-order valence-electron chi connectivity index (χ1n) is 7.54. The highest BCUT2D eigenvalue weighted by Crippen LogP contribution is 2.14. The Kier molecular flexibility index (Phi) is 12.3. The van der Waals surface area contributed by atoms with E-state index in [0.29, 0.717) is 0 Å². The zero-order valence-electron chi connectivity index (χ0n) is 11.8. The number of aliphatic hydroxyl groups is 2. The van der Waals surface area contributed by atoms with Crippen molar-refractivity contribution in [3.63, 3.8) is 0 Å². The third-order valence-electron chi connectivity index (χ3n) is 3.52. The van der Waals surface area contributed by atoms with E-state index in [0.717, 1.165) is 12.8 Å². The highest BCUT2D eigenvalue weighted by molar-refractivity contribution is 4.55. The van der Waals surface area contributed by atoms with Gasteiger partial charge in [0.05, 0.1) is 0 Å². The van der Waals surface area contributed by atoms with Gasteiger partial charge in [-0.15, -0.1) is 0 Å². The summed E-state index contributed by atoms with van der Waals surface area (Å²) >= 11 is 0. The van der Waals surface area contributed by atoms with E-state index in [2.05, 4.69) is 6.92 Å². The van der Waals surface area contributed by atoms with Crippen LogP contribution in [0.2, 0.25) is 0 Å². The van der Waals surface area contributed by atoms with Crippen molar-refractivity contribution in [2.75, 3.05) is 0 Å². The van der Waals surface area contributed by atoms with E-state index in [1.54, 1.807) is 0 Å². The largest absolute Gasteiger partial charge is 0.368 e. The fourth-order valence-electron chi connectivity index (χ4n) is 2.10. The van der Waals surface area contributed by atoms with Crippen LogP contribution in [0.4, 0.5) is 0 Å². The molecule has 0 radical (unpaired) electrons. The summed E-state index contributed by atoms with van der Waals surface area (Å²) in [6.45, 7) is 4.16. The average Bonchev–Trinajstić information content (AvgIpc) is 2.31. The summed E-state index contributed by atoms with van der Waals surface area (Å²) in [5.74, 6) is 0.0315. The van der Waals surface area contributed by atoms with Gasteiger partial charge in [0, 0.05) is 5.92 Å². The predicted octanol–water partition coefficient (Wildman–Crippen LogP) is 4.24. The molecular formula is C15H32O2. The number of hydrogen-bond acceptors (Lipinski definition) is 2. The highest BCUT2D eigenvalue weighted by Gasteiger charge is 2.08. The molecule has 0 saturated heterocycles. The molecule has 1 atom stereocenters. The number of hydrogen-bond donors (Lipinski definition) is 2. The Hall–Kier alpha value is -0.0800. The quantitative estimate of drug-likeness (QED) is 0.398. The van der Waals surface area contributed by atoms with Gasteiger partial charge in [-0.3, -0.25) is 0 Å². The van der Waals surface area contributed by atoms with Crippen LogP contribution >= 0.6 is 0 Å². The van der Waals surface area contributed by atoms with Crippen LogP contribution in [0.1, 0.15) is 84.5 Å². The van der Waals surface area contributed by atoms with Crippen molar-refractivity contribution in [2.45, 2.75) is 90.8 Å². The molecule has 0 amide bonds. The lowest BCUT2D eigenvalue weighted by atomic mass is 10.0. The standard InChI is InChI=1S/C15H32O2/c1-3-4-5-6-7-8-9-10-11-12-13-14(2)15(16)17/h14-17H,3-13H2,1-2H3. The van der Waals surface area contributed by atoms with Crippen LogP contribution in [-0.4, -0.2) is 16.5 Å². The van der Waals surface area contributed by atoms with Gasteiger partial charge < -0.3 is 10.2 Å². The molecule has 0 aromatic rings. The molecule has 0 rings (SSSR count). The maximum atomic E-state index is 8.92. The lowest BCUT2D eigenvalue weighted by molar-refractivity contribution is -0.0808. The van der Waals surface area contributed by atoms with E-state index in [1.807, 2.05) is 6.92 Å². The summed E-state index contributed by atoms with van der Waals surface area (Å²) in [4.78, 5) is 0. The molecule has 0 fully saturated rings. The van der Waals surface area contributed by atoms with E-state index >= 15 is 0 Å². The summed E-state index contributed by atoms with van der Waals surface area (Å²) in [6, 6.07) is 0. The molecule has 0 bridgehead atoms. The molecular weight excluding hydrogens is 212 g/mol. The van der Waals surface area contributed by atoms with Crippen molar-refractivity contribution < 1.29 is 10.2 Å². The second-order valence-electron chi connectivity index (χ2n) is 5.36. The number of rotatable bonds is 12. The SMILES string of the molecule is CCCCCCCCCCCCC(C)C(O)O. The lowest BCUT2D eigenvalue weighted by Gasteiger charge is -2.12. The van der Waals surface area contributed by atoms with Gasteiger partial charge in [0.1, 0.15) is 0 Å². The smallest absolute Gasteiger partial charge is 0.154 e. The molecule has 104 valence electrons. The van der Waals surface area contributed by atoms with Gasteiger partial charge in [-0.2, -0.15) is 0 Å². The fraction of sp³-hybridized carbons (Fsp3) is 1.00. The van der Waals surface area contributed by atoms with Crippen LogP contribution in [0.3, 0.4) is 0 Å². The Morgan fingerprint density at radius 2 is 1.12 bits per heavy atom. The van der Waals surface area contributed by atoms with Crippen LogP contribution in [0.25, 0.3) is 0 Å². The normalized spacial score (nSPS) is 13.2. The van der Waals surface area contributed by atoms with Crippen molar-refractivity contribution in [2.24, 2.45) is 5.92 Å². The average molecular weight is 244 g/mol. The summed E-state index contributed by atoms with van der Waals surface area (Å²) in [7, 11) is 0. The molecule has 0 heterocycles. The zero-order chi connectivity index (χ0) is 12.9. The molecule has 0 aromatic carbocycles. The summed E-state index contributed by atoms with van der Waals surface area (Å²) < 4.78 is 0. The molecule has 0 saturated carbocycles. The van der Waals surface area contributed by atoms with Crippen molar-refractivity contribution in [1.82, 2.24) is 0 Å². The molecule has 2 heteroatoms. The van der Waals surface area contributed by atoms with Crippen LogP contribution in [0.15, 0.2) is 0 Å². The van der Waals surface area contributed by atoms with E-state index < -0.39 is 6.29 Å². The Morgan fingerprint density at radius 1 is 0.706 bits per heavy atom. The van der Waals surface area contributed by atoms with Gasteiger partial charge >= 0.3 is 0 Å². The lowest BCUT2D eigenvalue weighted by Crippen LogP contribution is -2.15. The van der Waals surface area contributed by atoms with Crippen molar-refractivity contribution in [1.29, 1.82) is 0 Å². The first kappa shape index (κ1) is 16.9. The van der Waals surface area contributed by atoms with Crippen LogP contribution < -0.4 is 0 Å². The Morgan fingerprint density at radius 3 is 1.53 bits per heavy atom. The first-order valence-corrected chi connectivity index (χ1v) is 7.54. The van der Waals surface area contributed by atoms with Gasteiger partial charge in [0.25, 0.3) is 0 Å². The van der Waals surface area contributed by atoms with Crippen molar-refractivity contribution in [3.8, 4) is 0 Å². The maximum Gasteiger partial charge on any atom is 0.154 e. The second kappa shape index (κ2) is 12.4. The number of aliphatic hydroxyl groups excluding tert-OH is 1. The summed E-state index contributed by atoms with van der Waals surface area (Å²) in [6.07, 6.45) is 13.1. The molecule has 0 aliphatic rings. The molecule has 2 nitrogen and oxygen atoms in total. The predicted molar refractivity (Wildman–Crippen MR) is 73.9 cm³/mol. The molecule has 2 N–H and O–H groups in total. The maximum absolute atomic E-state index is 8.92. The highest BCUT2D eigenvalue weighted by atomic mass is 16.5. The topological polar surface area (TPSA) is 40.5 Å². The first-order chi connectivity index (χ1) is 8.18. The van der Waals surface area contributed by atoms with E-state index in [9.17, 15) is 0 Å². The van der Waals surface area contributed by atoms with Gasteiger partial charge in [-0.25, -0.2) is 0 Å². The Balaban J connectivity index is 3.03. The summed E-state index contributed by atoms with van der Waals surface area (Å²) in [5.41, 5.74) is 0. The number of unbranched alkanes of at least 4 members (excludes halogenated alkanes) is 9. The third-order valence-corrected chi connectivity index (χ3v) is 3.52. The van der Waals surface area contributed by atoms with E-state index in [-0.39, 0.29) is 5.92 Å². The third kappa shape index (κ3) is 12.2. The van der Waals surface area contributed by atoms with Gasteiger partial charge in [-0.1, -0.05) is 78.1 Å². The van der Waals surface area contributed by atoms with Crippen molar-refractivity contribution >= 4 is 0 Å². The van der Waals surface area contributed by atoms with Crippen LogP contribution in [0, 0.1) is 5.92 Å². The van der Waals surface area contributed by atoms with Gasteiger partial charge in [0.2, 0.25) is 0 Å². The fourth-order valence-corrected chi connectivity index (χ4v) is 2.10. The minimum atomic E-state index is -1.13. The monoisotopic (exact) mass is 244 g/mol. The van der Waals surface area contributed by atoms with E-state index in [4.69, 9.17) is 10.2 Å². The molecule has 17 heavy (non-hydrogen) atoms. The van der Waals surface area contributed by atoms with Gasteiger partial charge in [-0.05, 0) is 6.42 Å². The second-order valence-corrected chi connectivity index (χ2v) is 5.36. The minimum Gasteiger partial charge on any atom is -0.368 e. The molecule has 0 spiro atoms. The van der Waals surface area contributed by atoms with Crippen LogP contribution in [-0.2, 0) is 0 Å². The zero-order valence-corrected chi connectivity index (χ0v) is 11.8. The molecule has 0 aliphatic carbocycles. The molecule has 0 aromatic heterocycles. The van der Waals surface area contributed by atoms with Crippen LogP contribution in [0.5, 0.6) is 0 Å². The summed E-state index contributed by atoms with van der Waals surface area (Å²) in [5, 5.41) is 17.8. The van der Waals surface area contributed by atoms with Gasteiger partial charge in [0.15, 0.2) is 6.29 Å². The molecule has 0 aliphatic heterocycles. The Labute approximate surface area is 107 Å².